The lowest BCUT2D eigenvalue weighted by molar-refractivity contribution is -0.114. The minimum absolute atomic E-state index is 0.0439. The summed E-state index contributed by atoms with van der Waals surface area (Å²) in [7, 11) is 0. The summed E-state index contributed by atoms with van der Waals surface area (Å²) >= 11 is 2.57. The molecule has 0 bridgehead atoms. The van der Waals surface area contributed by atoms with Crippen LogP contribution in [0.15, 0.2) is 60.1 Å². The second-order valence-electron chi connectivity index (χ2n) is 5.83. The van der Waals surface area contributed by atoms with Gasteiger partial charge in [0.15, 0.2) is 10.9 Å². The van der Waals surface area contributed by atoms with Crippen molar-refractivity contribution in [2.24, 2.45) is 0 Å². The molecule has 8 heteroatoms. The first-order chi connectivity index (χ1) is 13.6. The summed E-state index contributed by atoms with van der Waals surface area (Å²) in [6.45, 7) is 0.165. The molecule has 4 nitrogen and oxygen atoms in total. The Morgan fingerprint density at radius 1 is 1.18 bits per heavy atom. The molecule has 0 N–H and O–H groups in total. The van der Waals surface area contributed by atoms with Gasteiger partial charge in [-0.1, -0.05) is 23.5 Å². The molecule has 0 radical (unpaired) electrons. The van der Waals surface area contributed by atoms with Crippen molar-refractivity contribution in [2.75, 3.05) is 4.90 Å². The van der Waals surface area contributed by atoms with Crippen LogP contribution in [0.25, 0.3) is 16.3 Å². The van der Waals surface area contributed by atoms with Crippen molar-refractivity contribution in [3.8, 4) is 0 Å². The summed E-state index contributed by atoms with van der Waals surface area (Å²) in [6.07, 6.45) is 4.79. The Balaban J connectivity index is 1.72. The van der Waals surface area contributed by atoms with Crippen molar-refractivity contribution in [3.05, 3.63) is 82.3 Å². The predicted molar refractivity (Wildman–Crippen MR) is 108 cm³/mol. The smallest absolute Gasteiger partial charge is 0.253 e. The first-order valence-electron chi connectivity index (χ1n) is 8.29. The van der Waals surface area contributed by atoms with Crippen molar-refractivity contribution in [2.45, 2.75) is 6.54 Å². The number of anilines is 1. The molecule has 4 rings (SSSR count). The number of thiophene rings is 1. The van der Waals surface area contributed by atoms with Crippen LogP contribution in [0.3, 0.4) is 0 Å². The van der Waals surface area contributed by atoms with E-state index in [0.29, 0.717) is 10.4 Å². The molecule has 0 aliphatic rings. The average molecular weight is 413 g/mol. The molecule has 0 spiro atoms. The Morgan fingerprint density at radius 2 is 2.07 bits per heavy atom. The quantitative estimate of drug-likeness (QED) is 0.418. The number of pyridine rings is 1. The number of rotatable bonds is 5. The number of halogens is 2. The third kappa shape index (κ3) is 3.97. The van der Waals surface area contributed by atoms with E-state index >= 15 is 0 Å². The van der Waals surface area contributed by atoms with Gasteiger partial charge in [-0.15, -0.1) is 11.3 Å². The van der Waals surface area contributed by atoms with E-state index in [9.17, 15) is 13.6 Å². The van der Waals surface area contributed by atoms with Gasteiger partial charge in [0.2, 0.25) is 0 Å². The van der Waals surface area contributed by atoms with Gasteiger partial charge < -0.3 is 0 Å². The van der Waals surface area contributed by atoms with Gasteiger partial charge in [-0.2, -0.15) is 0 Å². The minimum Gasteiger partial charge on any atom is -0.278 e. The van der Waals surface area contributed by atoms with Gasteiger partial charge in [-0.3, -0.25) is 14.7 Å². The van der Waals surface area contributed by atoms with Crippen LogP contribution in [0.4, 0.5) is 13.9 Å². The van der Waals surface area contributed by atoms with E-state index in [1.165, 1.54) is 28.4 Å². The molecule has 3 aromatic heterocycles. The van der Waals surface area contributed by atoms with Gasteiger partial charge in [0, 0.05) is 23.2 Å². The monoisotopic (exact) mass is 413 g/mol. The number of carbonyl (C=O) groups excluding carboxylic acids is 1. The second kappa shape index (κ2) is 7.95. The fourth-order valence-electron chi connectivity index (χ4n) is 2.58. The topological polar surface area (TPSA) is 46.1 Å². The highest BCUT2D eigenvalue weighted by Crippen LogP contribution is 2.32. The highest BCUT2D eigenvalue weighted by atomic mass is 32.1. The van der Waals surface area contributed by atoms with E-state index in [4.69, 9.17) is 0 Å². The molecule has 4 aromatic rings. The minimum atomic E-state index is -0.753. The number of nitrogens with zero attached hydrogens (tertiary/aromatic N) is 3. The zero-order valence-corrected chi connectivity index (χ0v) is 16.0. The number of hydrogen-bond donors (Lipinski definition) is 0. The third-order valence-corrected chi connectivity index (χ3v) is 5.74. The molecular formula is C20H13F2N3OS2. The molecule has 140 valence electrons. The van der Waals surface area contributed by atoms with Crippen molar-refractivity contribution < 1.29 is 13.6 Å². The van der Waals surface area contributed by atoms with Crippen LogP contribution in [0, 0.1) is 11.6 Å². The number of fused-ring (bicyclic) bond motifs is 1. The average Bonchev–Trinajstić information content (AvgIpc) is 3.34. The van der Waals surface area contributed by atoms with Crippen LogP contribution < -0.4 is 4.90 Å². The van der Waals surface area contributed by atoms with E-state index < -0.39 is 11.6 Å². The molecular weight excluding hydrogens is 400 g/mol. The van der Waals surface area contributed by atoms with Crippen LogP contribution in [0.5, 0.6) is 0 Å². The van der Waals surface area contributed by atoms with Gasteiger partial charge in [0.25, 0.3) is 5.91 Å². The summed E-state index contributed by atoms with van der Waals surface area (Å²) in [6, 6.07) is 11.2. The molecule has 1 aromatic carbocycles. The molecule has 1 amide bonds. The molecule has 3 heterocycles. The molecule has 0 atom stereocenters. The van der Waals surface area contributed by atoms with Crippen molar-refractivity contribution in [3.63, 3.8) is 0 Å². The van der Waals surface area contributed by atoms with Crippen LogP contribution >= 0.6 is 22.7 Å². The maximum absolute atomic E-state index is 14.1. The standard InChI is InChI=1S/C20H13F2N3OS2/c21-13-10-16(22)19-17(11-13)28-20(24-19)25(12-14-4-1-2-8-23-14)18(26)7-6-15-5-3-9-27-15/h1-11H,12H2. The maximum atomic E-state index is 14.1. The summed E-state index contributed by atoms with van der Waals surface area (Å²) in [4.78, 5) is 23.7. The Labute approximate surface area is 167 Å². The van der Waals surface area contributed by atoms with Crippen LogP contribution in [0.2, 0.25) is 0 Å². The van der Waals surface area contributed by atoms with Gasteiger partial charge in [0.05, 0.1) is 16.9 Å². The first kappa shape index (κ1) is 18.4. The fraction of sp³-hybridized carbons (Fsp3) is 0.0500. The van der Waals surface area contributed by atoms with E-state index in [1.54, 1.807) is 24.4 Å². The van der Waals surface area contributed by atoms with E-state index in [-0.39, 0.29) is 23.1 Å². The van der Waals surface area contributed by atoms with Gasteiger partial charge >= 0.3 is 0 Å². The molecule has 28 heavy (non-hydrogen) atoms. The lowest BCUT2D eigenvalue weighted by atomic mass is 10.3. The van der Waals surface area contributed by atoms with Crippen LogP contribution in [-0.4, -0.2) is 15.9 Å². The third-order valence-electron chi connectivity index (χ3n) is 3.88. The first-order valence-corrected chi connectivity index (χ1v) is 9.98. The van der Waals surface area contributed by atoms with Crippen molar-refractivity contribution in [1.82, 2.24) is 9.97 Å². The van der Waals surface area contributed by atoms with Gasteiger partial charge in [0.1, 0.15) is 11.3 Å². The summed E-state index contributed by atoms with van der Waals surface area (Å²) in [5.41, 5.74) is 0.703. The number of hydrogen-bond acceptors (Lipinski definition) is 5. The fourth-order valence-corrected chi connectivity index (χ4v) is 4.21. The lowest BCUT2D eigenvalue weighted by Crippen LogP contribution is -2.29. The highest BCUT2D eigenvalue weighted by molar-refractivity contribution is 7.22. The molecule has 0 saturated carbocycles. The van der Waals surface area contributed by atoms with Crippen molar-refractivity contribution >= 4 is 50.0 Å². The number of carbonyl (C=O) groups is 1. The largest absolute Gasteiger partial charge is 0.278 e. The number of aromatic nitrogens is 2. The normalized spacial score (nSPS) is 11.4. The molecule has 0 unspecified atom stereocenters. The Bertz CT molecular complexity index is 1140. The van der Waals surface area contributed by atoms with E-state index in [0.717, 1.165) is 22.3 Å². The number of thiazole rings is 1. The van der Waals surface area contributed by atoms with Crippen LogP contribution in [0.1, 0.15) is 10.6 Å². The molecule has 0 fully saturated rings. The van der Waals surface area contributed by atoms with E-state index in [2.05, 4.69) is 9.97 Å². The van der Waals surface area contributed by atoms with Crippen LogP contribution in [-0.2, 0) is 11.3 Å². The zero-order valence-electron chi connectivity index (χ0n) is 14.4. The summed E-state index contributed by atoms with van der Waals surface area (Å²) in [5, 5.41) is 2.20. The second-order valence-corrected chi connectivity index (χ2v) is 7.81. The Morgan fingerprint density at radius 3 is 2.82 bits per heavy atom. The van der Waals surface area contributed by atoms with Gasteiger partial charge in [-0.05, 0) is 35.7 Å². The van der Waals surface area contributed by atoms with Crippen molar-refractivity contribution in [1.29, 1.82) is 0 Å². The van der Waals surface area contributed by atoms with E-state index in [1.807, 2.05) is 23.6 Å². The van der Waals surface area contributed by atoms with Gasteiger partial charge in [-0.25, -0.2) is 13.8 Å². The molecule has 0 aliphatic carbocycles. The predicted octanol–water partition coefficient (Wildman–Crippen LogP) is 5.28. The zero-order chi connectivity index (χ0) is 19.5. The Kier molecular flexibility index (Phi) is 5.23. The SMILES string of the molecule is O=C(C=Cc1cccs1)N(Cc1ccccn1)c1nc2c(F)cc(F)cc2s1. The Hall–Kier alpha value is -2.97. The number of amides is 1. The summed E-state index contributed by atoms with van der Waals surface area (Å²) in [5.74, 6) is -1.75. The lowest BCUT2D eigenvalue weighted by Gasteiger charge is -2.17. The molecule has 0 aliphatic heterocycles. The molecule has 0 saturated heterocycles. The maximum Gasteiger partial charge on any atom is 0.253 e. The summed E-state index contributed by atoms with van der Waals surface area (Å²) < 4.78 is 27.9. The highest BCUT2D eigenvalue weighted by Gasteiger charge is 2.20. The number of benzene rings is 1.